The fourth-order valence-electron chi connectivity index (χ4n) is 2.05. The maximum absolute atomic E-state index is 12.1. The number of carbonyl (C=O) groups is 2. The maximum Gasteiger partial charge on any atom is 0.342 e. The number of ketones is 1. The van der Waals surface area contributed by atoms with E-state index in [1.54, 1.807) is 13.8 Å². The number of rotatable bonds is 6. The molecule has 0 saturated heterocycles. The highest BCUT2D eigenvalue weighted by atomic mass is 16.5. The summed E-state index contributed by atoms with van der Waals surface area (Å²) in [4.78, 5) is 24.2. The zero-order valence-electron chi connectivity index (χ0n) is 12.7. The van der Waals surface area contributed by atoms with Crippen LogP contribution in [0, 0.1) is 6.92 Å². The number of esters is 1. The minimum Gasteiger partial charge on any atom is -0.462 e. The van der Waals surface area contributed by atoms with Gasteiger partial charge in [-0.2, -0.15) is 0 Å². The first-order valence-electron chi connectivity index (χ1n) is 7.00. The molecule has 3 nitrogen and oxygen atoms in total. The van der Waals surface area contributed by atoms with Crippen LogP contribution in [-0.2, 0) is 14.3 Å². The monoisotopic (exact) mass is 274 g/mol. The summed E-state index contributed by atoms with van der Waals surface area (Å²) < 4.78 is 5.14. The molecule has 0 saturated carbocycles. The second-order valence-corrected chi connectivity index (χ2v) is 4.73. The molecule has 0 heterocycles. The lowest BCUT2D eigenvalue weighted by Crippen LogP contribution is -2.17. The minimum atomic E-state index is -0.514. The van der Waals surface area contributed by atoms with E-state index in [2.05, 4.69) is 0 Å². The lowest BCUT2D eigenvalue weighted by molar-refractivity contribution is -0.140. The molecule has 0 aromatic heterocycles. The van der Waals surface area contributed by atoms with Gasteiger partial charge in [0.15, 0.2) is 5.78 Å². The van der Waals surface area contributed by atoms with E-state index in [9.17, 15) is 9.59 Å². The molecule has 0 fully saturated rings. The second-order valence-electron chi connectivity index (χ2n) is 4.73. The van der Waals surface area contributed by atoms with Crippen LogP contribution in [0.5, 0.6) is 0 Å². The molecule has 0 atom stereocenters. The van der Waals surface area contributed by atoms with Gasteiger partial charge in [-0.15, -0.1) is 0 Å². The minimum absolute atomic E-state index is 0.174. The third kappa shape index (κ3) is 3.80. The van der Waals surface area contributed by atoms with E-state index < -0.39 is 5.97 Å². The highest BCUT2D eigenvalue weighted by molar-refractivity contribution is 6.22. The molecule has 0 N–H and O–H groups in total. The number of Topliss-reactive ketones (excluding diaryl/α,β-unsaturated/α-hetero) is 1. The number of benzene rings is 1. The van der Waals surface area contributed by atoms with Crippen LogP contribution < -0.4 is 0 Å². The Labute approximate surface area is 120 Å². The summed E-state index contributed by atoms with van der Waals surface area (Å²) in [6, 6.07) is 7.71. The highest BCUT2D eigenvalue weighted by Gasteiger charge is 2.22. The number of allylic oxidation sites excluding steroid dienone is 1. The summed E-state index contributed by atoms with van der Waals surface area (Å²) in [7, 11) is 0. The Kier molecular flexibility index (Phi) is 6.16. The van der Waals surface area contributed by atoms with Crippen molar-refractivity contribution in [3.05, 3.63) is 41.0 Å². The van der Waals surface area contributed by atoms with Crippen molar-refractivity contribution >= 4 is 17.3 Å². The van der Waals surface area contributed by atoms with Crippen LogP contribution in [0.15, 0.2) is 29.8 Å². The molecule has 1 aromatic rings. The van der Waals surface area contributed by atoms with Crippen molar-refractivity contribution in [1.29, 1.82) is 0 Å². The molecule has 0 bridgehead atoms. The number of hydrogen-bond donors (Lipinski definition) is 0. The molecule has 108 valence electrons. The van der Waals surface area contributed by atoms with Crippen LogP contribution in [0.25, 0.3) is 5.57 Å². The van der Waals surface area contributed by atoms with Crippen molar-refractivity contribution in [3.63, 3.8) is 0 Å². The van der Waals surface area contributed by atoms with Gasteiger partial charge < -0.3 is 4.74 Å². The molecule has 1 rings (SSSR count). The topological polar surface area (TPSA) is 43.4 Å². The Hall–Kier alpha value is -1.90. The lowest BCUT2D eigenvalue weighted by Gasteiger charge is -2.12. The molecular weight excluding hydrogens is 252 g/mol. The molecular formula is C17H22O3. The van der Waals surface area contributed by atoms with Gasteiger partial charge >= 0.3 is 5.97 Å². The van der Waals surface area contributed by atoms with Gasteiger partial charge in [0.1, 0.15) is 5.57 Å². The van der Waals surface area contributed by atoms with E-state index in [4.69, 9.17) is 4.74 Å². The van der Waals surface area contributed by atoms with Crippen molar-refractivity contribution in [3.8, 4) is 0 Å². The Morgan fingerprint density at radius 2 is 1.80 bits per heavy atom. The van der Waals surface area contributed by atoms with Crippen LogP contribution in [0.4, 0.5) is 0 Å². The predicted molar refractivity (Wildman–Crippen MR) is 80.3 cm³/mol. The van der Waals surface area contributed by atoms with E-state index in [-0.39, 0.29) is 11.4 Å². The summed E-state index contributed by atoms with van der Waals surface area (Å²) in [5.74, 6) is -0.689. The average Bonchev–Trinajstić information content (AvgIpc) is 2.45. The van der Waals surface area contributed by atoms with Gasteiger partial charge in [0.05, 0.1) is 6.61 Å². The van der Waals surface area contributed by atoms with Gasteiger partial charge in [0.2, 0.25) is 0 Å². The fraction of sp³-hybridized carbons (Fsp3) is 0.412. The zero-order valence-corrected chi connectivity index (χ0v) is 12.7. The summed E-state index contributed by atoms with van der Waals surface area (Å²) in [5.41, 5.74) is 2.82. The summed E-state index contributed by atoms with van der Waals surface area (Å²) in [5, 5.41) is 0. The smallest absolute Gasteiger partial charge is 0.342 e. The zero-order chi connectivity index (χ0) is 15.1. The van der Waals surface area contributed by atoms with E-state index >= 15 is 0 Å². The number of hydrogen-bond acceptors (Lipinski definition) is 3. The molecule has 0 unspecified atom stereocenters. The summed E-state index contributed by atoms with van der Waals surface area (Å²) in [6.45, 7) is 7.77. The predicted octanol–water partition coefficient (Wildman–Crippen LogP) is 3.70. The van der Waals surface area contributed by atoms with Gasteiger partial charge in [-0.3, -0.25) is 4.79 Å². The van der Waals surface area contributed by atoms with Gasteiger partial charge in [-0.05, 0) is 37.0 Å². The number of aryl methyl sites for hydroxylation is 1. The average molecular weight is 274 g/mol. The van der Waals surface area contributed by atoms with Gasteiger partial charge in [0, 0.05) is 6.42 Å². The molecule has 3 heteroatoms. The first-order valence-corrected chi connectivity index (χ1v) is 7.00. The van der Waals surface area contributed by atoms with Crippen LogP contribution in [0.3, 0.4) is 0 Å². The van der Waals surface area contributed by atoms with Crippen molar-refractivity contribution in [2.24, 2.45) is 0 Å². The van der Waals surface area contributed by atoms with Crippen molar-refractivity contribution in [2.45, 2.75) is 40.5 Å². The normalized spacial score (nSPS) is 11.8. The van der Waals surface area contributed by atoms with Crippen LogP contribution in [0.2, 0.25) is 0 Å². The Morgan fingerprint density at radius 3 is 2.35 bits per heavy atom. The van der Waals surface area contributed by atoms with E-state index in [0.29, 0.717) is 18.6 Å². The Morgan fingerprint density at radius 1 is 1.15 bits per heavy atom. The van der Waals surface area contributed by atoms with Crippen LogP contribution in [0.1, 0.15) is 44.7 Å². The molecule has 20 heavy (non-hydrogen) atoms. The van der Waals surface area contributed by atoms with E-state index in [1.807, 2.05) is 38.1 Å². The second kappa shape index (κ2) is 7.63. The number of ether oxygens (including phenoxy) is 1. The first kappa shape index (κ1) is 16.2. The third-order valence-corrected chi connectivity index (χ3v) is 3.17. The molecule has 0 spiro atoms. The quantitative estimate of drug-likeness (QED) is 0.344. The molecule has 0 radical (unpaired) electrons. The largest absolute Gasteiger partial charge is 0.462 e. The highest BCUT2D eigenvalue weighted by Crippen LogP contribution is 2.23. The summed E-state index contributed by atoms with van der Waals surface area (Å²) >= 11 is 0. The molecule has 0 amide bonds. The van der Waals surface area contributed by atoms with Crippen LogP contribution in [-0.4, -0.2) is 18.4 Å². The number of carbonyl (C=O) groups excluding carboxylic acids is 2. The molecule has 0 aliphatic rings. The van der Waals surface area contributed by atoms with Gasteiger partial charge in [-0.25, -0.2) is 4.79 Å². The SMILES string of the molecule is CCCOC(=O)/C(C(=O)CC)=C(\C)c1ccccc1C. The van der Waals surface area contributed by atoms with Gasteiger partial charge in [0.25, 0.3) is 0 Å². The van der Waals surface area contributed by atoms with Crippen molar-refractivity contribution in [2.75, 3.05) is 6.61 Å². The third-order valence-electron chi connectivity index (χ3n) is 3.17. The molecule has 0 aliphatic heterocycles. The maximum atomic E-state index is 12.1. The van der Waals surface area contributed by atoms with E-state index in [1.165, 1.54) is 0 Å². The fourth-order valence-corrected chi connectivity index (χ4v) is 2.05. The van der Waals surface area contributed by atoms with E-state index in [0.717, 1.165) is 17.5 Å². The molecule has 0 aliphatic carbocycles. The summed E-state index contributed by atoms with van der Waals surface area (Å²) in [6.07, 6.45) is 1.03. The Balaban J connectivity index is 3.27. The Bertz CT molecular complexity index is 527. The lowest BCUT2D eigenvalue weighted by atomic mass is 9.94. The van der Waals surface area contributed by atoms with Crippen molar-refractivity contribution in [1.82, 2.24) is 0 Å². The standard InChI is InChI=1S/C17H22O3/c1-5-11-20-17(19)16(15(18)6-2)13(4)14-10-8-7-9-12(14)3/h7-10H,5-6,11H2,1-4H3/b16-13+. The first-order chi connectivity index (χ1) is 9.52. The van der Waals surface area contributed by atoms with Crippen molar-refractivity contribution < 1.29 is 14.3 Å². The van der Waals surface area contributed by atoms with Gasteiger partial charge in [-0.1, -0.05) is 38.1 Å². The van der Waals surface area contributed by atoms with Crippen LogP contribution >= 0.6 is 0 Å². The molecule has 1 aromatic carbocycles.